The van der Waals surface area contributed by atoms with E-state index < -0.39 is 9.84 Å². The molecule has 140 valence electrons. The van der Waals surface area contributed by atoms with Crippen molar-refractivity contribution in [2.24, 2.45) is 0 Å². The minimum absolute atomic E-state index is 0.0464. The number of sulfone groups is 1. The maximum Gasteiger partial charge on any atom is 0.223 e. The van der Waals surface area contributed by atoms with Crippen LogP contribution < -0.4 is 0 Å². The van der Waals surface area contributed by atoms with Gasteiger partial charge in [0.05, 0.1) is 17.1 Å². The van der Waals surface area contributed by atoms with Crippen LogP contribution in [0.2, 0.25) is 0 Å². The van der Waals surface area contributed by atoms with Crippen molar-refractivity contribution in [3.8, 4) is 11.3 Å². The lowest BCUT2D eigenvalue weighted by atomic mass is 10.1. The first kappa shape index (κ1) is 18.6. The Hall–Kier alpha value is -2.15. The van der Waals surface area contributed by atoms with Gasteiger partial charge in [0.1, 0.15) is 17.3 Å². The van der Waals surface area contributed by atoms with Crippen molar-refractivity contribution < 1.29 is 22.0 Å². The van der Waals surface area contributed by atoms with Crippen LogP contribution >= 0.6 is 0 Å². The summed E-state index contributed by atoms with van der Waals surface area (Å²) in [5.41, 5.74) is 0.386. The molecule has 1 aliphatic heterocycles. The second-order valence-corrected chi connectivity index (χ2v) is 8.71. The highest BCUT2D eigenvalue weighted by molar-refractivity contribution is 7.91. The van der Waals surface area contributed by atoms with Gasteiger partial charge in [-0.2, -0.15) is 0 Å². The predicted octanol–water partition coefficient (Wildman–Crippen LogP) is 3.05. The van der Waals surface area contributed by atoms with Crippen LogP contribution in [-0.4, -0.2) is 43.3 Å². The van der Waals surface area contributed by atoms with Crippen LogP contribution in [0.1, 0.15) is 25.5 Å². The topological polar surface area (TPSA) is 67.6 Å². The number of hydrogen-bond donors (Lipinski definition) is 0. The third-order valence-electron chi connectivity index (χ3n) is 4.70. The third kappa shape index (κ3) is 4.15. The van der Waals surface area contributed by atoms with Gasteiger partial charge in [0.25, 0.3) is 0 Å². The SMILES string of the molecule is CCN(C(=O)CCc1ccc(-c2ccccc2F)o1)C1CCS(=O)(=O)C1. The standard InChI is InChI=1S/C19H22FNO4S/c1-2-21(14-11-12-26(23,24)13-14)19(22)10-8-15-7-9-18(25-15)16-5-3-4-6-17(16)20/h3-7,9,14H,2,8,10-13H2,1H3. The first-order chi connectivity index (χ1) is 12.4. The number of aryl methyl sites for hydroxylation is 1. The molecule has 1 saturated heterocycles. The zero-order chi connectivity index (χ0) is 18.7. The van der Waals surface area contributed by atoms with Gasteiger partial charge in [0.2, 0.25) is 5.91 Å². The Morgan fingerprint density at radius 1 is 1.27 bits per heavy atom. The lowest BCUT2D eigenvalue weighted by molar-refractivity contribution is -0.132. The molecular weight excluding hydrogens is 357 g/mol. The largest absolute Gasteiger partial charge is 0.461 e. The van der Waals surface area contributed by atoms with Crippen molar-refractivity contribution in [2.45, 2.75) is 32.2 Å². The monoisotopic (exact) mass is 379 g/mol. The van der Waals surface area contributed by atoms with E-state index >= 15 is 0 Å². The molecule has 1 amide bonds. The minimum Gasteiger partial charge on any atom is -0.461 e. The van der Waals surface area contributed by atoms with E-state index in [1.165, 1.54) is 6.07 Å². The molecule has 1 fully saturated rings. The van der Waals surface area contributed by atoms with Gasteiger partial charge in [-0.1, -0.05) is 12.1 Å². The molecule has 1 aliphatic rings. The molecule has 0 spiro atoms. The molecule has 0 radical (unpaired) electrons. The quantitative estimate of drug-likeness (QED) is 0.774. The fourth-order valence-corrected chi connectivity index (χ4v) is 5.08. The lowest BCUT2D eigenvalue weighted by Crippen LogP contribution is -2.41. The predicted molar refractivity (Wildman–Crippen MR) is 96.9 cm³/mol. The number of furan rings is 1. The van der Waals surface area contributed by atoms with E-state index in [1.807, 2.05) is 6.92 Å². The van der Waals surface area contributed by atoms with Crippen LogP contribution in [0.15, 0.2) is 40.8 Å². The Morgan fingerprint density at radius 3 is 2.69 bits per heavy atom. The molecule has 0 bridgehead atoms. The number of carbonyl (C=O) groups is 1. The number of nitrogens with zero attached hydrogens (tertiary/aromatic N) is 1. The van der Waals surface area contributed by atoms with Crippen molar-refractivity contribution >= 4 is 15.7 Å². The summed E-state index contributed by atoms with van der Waals surface area (Å²) in [6.07, 6.45) is 1.12. The number of carbonyl (C=O) groups excluding carboxylic acids is 1. The second kappa shape index (κ2) is 7.61. The molecule has 0 aliphatic carbocycles. The number of rotatable bonds is 6. The summed E-state index contributed by atoms with van der Waals surface area (Å²) in [6, 6.07) is 9.56. The maximum atomic E-state index is 13.8. The molecule has 0 N–H and O–H groups in total. The molecule has 1 unspecified atom stereocenters. The number of amides is 1. The molecule has 1 aromatic heterocycles. The van der Waals surface area contributed by atoms with Gasteiger partial charge in [-0.15, -0.1) is 0 Å². The third-order valence-corrected chi connectivity index (χ3v) is 6.45. The minimum atomic E-state index is -3.03. The first-order valence-corrected chi connectivity index (χ1v) is 10.6. The van der Waals surface area contributed by atoms with Crippen LogP contribution in [0.5, 0.6) is 0 Å². The molecule has 3 rings (SSSR count). The Morgan fingerprint density at radius 2 is 2.04 bits per heavy atom. The summed E-state index contributed by atoms with van der Waals surface area (Å²) in [5, 5.41) is 0. The van der Waals surface area contributed by atoms with Crippen molar-refractivity contribution in [3.05, 3.63) is 48.0 Å². The summed E-state index contributed by atoms with van der Waals surface area (Å²) in [6.45, 7) is 2.34. The van der Waals surface area contributed by atoms with E-state index in [9.17, 15) is 17.6 Å². The van der Waals surface area contributed by atoms with E-state index in [4.69, 9.17) is 4.42 Å². The van der Waals surface area contributed by atoms with Gasteiger partial charge in [0.15, 0.2) is 9.84 Å². The maximum absolute atomic E-state index is 13.8. The van der Waals surface area contributed by atoms with Crippen LogP contribution in [0.25, 0.3) is 11.3 Å². The van der Waals surface area contributed by atoms with E-state index in [0.717, 1.165) is 0 Å². The van der Waals surface area contributed by atoms with Crippen LogP contribution in [0.4, 0.5) is 4.39 Å². The van der Waals surface area contributed by atoms with Crippen molar-refractivity contribution in [1.82, 2.24) is 4.90 Å². The molecule has 5 nitrogen and oxygen atoms in total. The summed E-state index contributed by atoms with van der Waals surface area (Å²) < 4.78 is 42.8. The molecule has 2 aromatic rings. The zero-order valence-corrected chi connectivity index (χ0v) is 15.5. The number of hydrogen-bond acceptors (Lipinski definition) is 4. The van der Waals surface area contributed by atoms with Gasteiger partial charge >= 0.3 is 0 Å². The fourth-order valence-electron chi connectivity index (χ4n) is 3.35. The Kier molecular flexibility index (Phi) is 5.46. The molecule has 7 heteroatoms. The molecular formula is C19H22FNO4S. The Balaban J connectivity index is 1.62. The number of benzene rings is 1. The van der Waals surface area contributed by atoms with Gasteiger partial charge in [-0.05, 0) is 37.6 Å². The van der Waals surface area contributed by atoms with Crippen LogP contribution in [-0.2, 0) is 21.1 Å². The van der Waals surface area contributed by atoms with E-state index in [0.29, 0.717) is 36.5 Å². The smallest absolute Gasteiger partial charge is 0.223 e. The lowest BCUT2D eigenvalue weighted by Gasteiger charge is -2.26. The van der Waals surface area contributed by atoms with Gasteiger partial charge in [-0.3, -0.25) is 4.79 Å². The fraction of sp³-hybridized carbons (Fsp3) is 0.421. The van der Waals surface area contributed by atoms with Crippen LogP contribution in [0.3, 0.4) is 0 Å². The second-order valence-electron chi connectivity index (χ2n) is 6.48. The van der Waals surface area contributed by atoms with Crippen molar-refractivity contribution in [2.75, 3.05) is 18.1 Å². The van der Waals surface area contributed by atoms with Gasteiger partial charge in [-0.25, -0.2) is 12.8 Å². The average Bonchev–Trinajstić information content (AvgIpc) is 3.21. The molecule has 1 aromatic carbocycles. The zero-order valence-electron chi connectivity index (χ0n) is 14.7. The van der Waals surface area contributed by atoms with Crippen LogP contribution in [0, 0.1) is 5.82 Å². The molecule has 26 heavy (non-hydrogen) atoms. The summed E-state index contributed by atoms with van der Waals surface area (Å²) in [5.74, 6) is 0.783. The first-order valence-electron chi connectivity index (χ1n) is 8.73. The highest BCUT2D eigenvalue weighted by Gasteiger charge is 2.33. The average molecular weight is 379 g/mol. The summed E-state index contributed by atoms with van der Waals surface area (Å²) in [7, 11) is -3.03. The van der Waals surface area contributed by atoms with Gasteiger partial charge in [0, 0.05) is 25.4 Å². The van der Waals surface area contributed by atoms with Gasteiger partial charge < -0.3 is 9.32 Å². The normalized spacial score (nSPS) is 18.8. The number of halogens is 1. The van der Waals surface area contributed by atoms with Crippen molar-refractivity contribution in [1.29, 1.82) is 0 Å². The van der Waals surface area contributed by atoms with E-state index in [-0.39, 0.29) is 35.7 Å². The summed E-state index contributed by atoms with van der Waals surface area (Å²) in [4.78, 5) is 14.2. The molecule has 2 heterocycles. The highest BCUT2D eigenvalue weighted by atomic mass is 32.2. The van der Waals surface area contributed by atoms with Crippen molar-refractivity contribution in [3.63, 3.8) is 0 Å². The highest BCUT2D eigenvalue weighted by Crippen LogP contribution is 2.25. The Bertz CT molecular complexity index is 890. The van der Waals surface area contributed by atoms with E-state index in [1.54, 1.807) is 35.2 Å². The molecule has 1 atom stereocenters. The summed E-state index contributed by atoms with van der Waals surface area (Å²) >= 11 is 0. The molecule has 0 saturated carbocycles. The Labute approximate surface area is 152 Å². The van der Waals surface area contributed by atoms with E-state index in [2.05, 4.69) is 0 Å².